The molecule has 1 aliphatic rings. The zero-order chi connectivity index (χ0) is 17.1. The van der Waals surface area contributed by atoms with E-state index in [1.165, 1.54) is 12.1 Å². The number of cyclic esters (lactones) is 1. The molecule has 5 nitrogen and oxygen atoms in total. The predicted molar refractivity (Wildman–Crippen MR) is 101 cm³/mol. The average molecular weight is 437 g/mol. The Balaban J connectivity index is 1.92. The molecular weight excluding hydrogens is 421 g/mol. The third-order valence-corrected chi connectivity index (χ3v) is 4.82. The van der Waals surface area contributed by atoms with E-state index in [1.54, 1.807) is 24.1 Å². The van der Waals surface area contributed by atoms with E-state index in [4.69, 9.17) is 9.47 Å². The molecule has 24 heavy (non-hydrogen) atoms. The Labute approximate surface area is 153 Å². The molecule has 1 heterocycles. The fourth-order valence-corrected chi connectivity index (χ4v) is 3.06. The molecule has 1 amide bonds. The highest BCUT2D eigenvalue weighted by atomic mass is 127. The van der Waals surface area contributed by atoms with Crippen LogP contribution in [0.3, 0.4) is 0 Å². The van der Waals surface area contributed by atoms with Crippen molar-refractivity contribution in [3.8, 4) is 16.9 Å². The van der Waals surface area contributed by atoms with Gasteiger partial charge in [0.15, 0.2) is 5.43 Å². The molecule has 3 rings (SSSR count). The maximum atomic E-state index is 11.9. The zero-order valence-corrected chi connectivity index (χ0v) is 15.2. The number of alkyl halides is 1. The fraction of sp³-hybridized carbons (Fsp3) is 0.222. The van der Waals surface area contributed by atoms with Crippen LogP contribution in [0.2, 0.25) is 0 Å². The second-order valence-corrected chi connectivity index (χ2v) is 6.25. The molecule has 0 N–H and O–H groups in total. The molecule has 0 radical (unpaired) electrons. The van der Waals surface area contributed by atoms with Crippen LogP contribution in [0.4, 0.5) is 10.5 Å². The molecule has 0 aliphatic carbocycles. The topological polar surface area (TPSA) is 55.8 Å². The van der Waals surface area contributed by atoms with E-state index < -0.39 is 0 Å². The molecule has 1 atom stereocenters. The van der Waals surface area contributed by atoms with Gasteiger partial charge in [-0.3, -0.25) is 9.69 Å². The summed E-state index contributed by atoms with van der Waals surface area (Å²) in [4.78, 5) is 25.1. The van der Waals surface area contributed by atoms with Crippen LogP contribution in [0.5, 0.6) is 5.75 Å². The largest absolute Gasteiger partial charge is 0.496 e. The van der Waals surface area contributed by atoms with Gasteiger partial charge in [-0.25, -0.2) is 4.79 Å². The SMILES string of the molecule is COc1ccc(=O)ccc1-c1ccc(N2CC(CI)OC2=O)cc1. The van der Waals surface area contributed by atoms with Crippen LogP contribution < -0.4 is 15.1 Å². The van der Waals surface area contributed by atoms with Crippen molar-refractivity contribution in [2.75, 3.05) is 23.0 Å². The van der Waals surface area contributed by atoms with Crippen LogP contribution in [0.25, 0.3) is 11.1 Å². The lowest BCUT2D eigenvalue weighted by Crippen LogP contribution is -2.24. The maximum Gasteiger partial charge on any atom is 0.414 e. The van der Waals surface area contributed by atoms with Gasteiger partial charge in [0.25, 0.3) is 0 Å². The quantitative estimate of drug-likeness (QED) is 0.543. The number of carbonyl (C=O) groups is 1. The molecule has 124 valence electrons. The molecule has 1 unspecified atom stereocenters. The number of ether oxygens (including phenoxy) is 2. The van der Waals surface area contributed by atoms with Gasteiger partial charge in [-0.2, -0.15) is 0 Å². The minimum absolute atomic E-state index is 0.0680. The Morgan fingerprint density at radius 1 is 1.12 bits per heavy atom. The lowest BCUT2D eigenvalue weighted by Gasteiger charge is -2.14. The first-order valence-electron chi connectivity index (χ1n) is 7.45. The summed E-state index contributed by atoms with van der Waals surface area (Å²) in [5, 5.41) is 0. The summed E-state index contributed by atoms with van der Waals surface area (Å²) in [7, 11) is 1.57. The summed E-state index contributed by atoms with van der Waals surface area (Å²) in [6.45, 7) is 0.560. The second-order valence-electron chi connectivity index (χ2n) is 5.37. The number of hydrogen-bond donors (Lipinski definition) is 0. The van der Waals surface area contributed by atoms with Gasteiger partial charge in [0.2, 0.25) is 0 Å². The van der Waals surface area contributed by atoms with E-state index in [0.29, 0.717) is 12.3 Å². The molecular formula is C18H16INO4. The van der Waals surface area contributed by atoms with E-state index in [-0.39, 0.29) is 17.6 Å². The second kappa shape index (κ2) is 7.21. The third-order valence-electron chi connectivity index (χ3n) is 3.83. The van der Waals surface area contributed by atoms with Crippen molar-refractivity contribution in [1.82, 2.24) is 0 Å². The zero-order valence-electron chi connectivity index (χ0n) is 13.1. The molecule has 1 aliphatic heterocycles. The van der Waals surface area contributed by atoms with Crippen LogP contribution in [-0.2, 0) is 4.74 Å². The Hall–Kier alpha value is -2.09. The summed E-state index contributed by atoms with van der Waals surface area (Å²) in [6, 6.07) is 13.9. The molecule has 0 saturated carbocycles. The smallest absolute Gasteiger partial charge is 0.414 e. The highest BCUT2D eigenvalue weighted by Gasteiger charge is 2.31. The molecule has 1 saturated heterocycles. The van der Waals surface area contributed by atoms with Gasteiger partial charge in [0, 0.05) is 15.7 Å². The third kappa shape index (κ3) is 3.38. The number of methoxy groups -OCH3 is 1. The van der Waals surface area contributed by atoms with E-state index >= 15 is 0 Å². The summed E-state index contributed by atoms with van der Waals surface area (Å²) in [5.74, 6) is 0.621. The number of amides is 1. The lowest BCUT2D eigenvalue weighted by molar-refractivity contribution is 0.153. The van der Waals surface area contributed by atoms with Gasteiger partial charge >= 0.3 is 6.09 Å². The summed E-state index contributed by atoms with van der Waals surface area (Å²) < 4.78 is 11.4. The van der Waals surface area contributed by atoms with Crippen molar-refractivity contribution < 1.29 is 14.3 Å². The van der Waals surface area contributed by atoms with Crippen molar-refractivity contribution in [3.63, 3.8) is 0 Å². The Morgan fingerprint density at radius 3 is 2.46 bits per heavy atom. The van der Waals surface area contributed by atoms with E-state index in [0.717, 1.165) is 21.2 Å². The molecule has 0 bridgehead atoms. The lowest BCUT2D eigenvalue weighted by atomic mass is 10.1. The van der Waals surface area contributed by atoms with Crippen molar-refractivity contribution in [2.24, 2.45) is 0 Å². The van der Waals surface area contributed by atoms with E-state index in [1.807, 2.05) is 24.3 Å². The van der Waals surface area contributed by atoms with Crippen LogP contribution in [0.15, 0.2) is 53.3 Å². The predicted octanol–water partition coefficient (Wildman–Crippen LogP) is 3.48. The Kier molecular flexibility index (Phi) is 5.03. The summed E-state index contributed by atoms with van der Waals surface area (Å²) in [6.07, 6.45) is -0.384. The van der Waals surface area contributed by atoms with Gasteiger partial charge in [0.1, 0.15) is 11.9 Å². The Bertz CT molecular complexity index is 807. The molecule has 2 aromatic rings. The van der Waals surface area contributed by atoms with E-state index in [9.17, 15) is 9.59 Å². The first-order valence-corrected chi connectivity index (χ1v) is 8.98. The molecule has 2 aromatic carbocycles. The minimum atomic E-state index is -0.316. The maximum absolute atomic E-state index is 11.9. The van der Waals surface area contributed by atoms with Crippen LogP contribution in [-0.4, -0.2) is 30.3 Å². The van der Waals surface area contributed by atoms with Crippen LogP contribution in [0, 0.1) is 0 Å². The Morgan fingerprint density at radius 2 is 1.83 bits per heavy atom. The van der Waals surface area contributed by atoms with Crippen molar-refractivity contribution in [1.29, 1.82) is 0 Å². The summed E-state index contributed by atoms with van der Waals surface area (Å²) >= 11 is 2.21. The van der Waals surface area contributed by atoms with Crippen molar-refractivity contribution in [2.45, 2.75) is 6.10 Å². The van der Waals surface area contributed by atoms with Crippen LogP contribution >= 0.6 is 22.6 Å². The van der Waals surface area contributed by atoms with Gasteiger partial charge in [-0.1, -0.05) is 34.7 Å². The fourth-order valence-electron chi connectivity index (χ4n) is 2.60. The molecule has 6 heteroatoms. The molecule has 0 aromatic heterocycles. The first-order chi connectivity index (χ1) is 11.6. The van der Waals surface area contributed by atoms with Gasteiger partial charge in [-0.15, -0.1) is 0 Å². The number of halogens is 1. The number of rotatable bonds is 4. The van der Waals surface area contributed by atoms with Gasteiger partial charge in [0.05, 0.1) is 13.7 Å². The monoisotopic (exact) mass is 437 g/mol. The van der Waals surface area contributed by atoms with Gasteiger partial charge in [-0.05, 0) is 42.0 Å². The van der Waals surface area contributed by atoms with Crippen LogP contribution in [0.1, 0.15) is 0 Å². The summed E-state index contributed by atoms with van der Waals surface area (Å²) in [5.41, 5.74) is 2.44. The normalized spacial score (nSPS) is 16.8. The van der Waals surface area contributed by atoms with Crippen molar-refractivity contribution >= 4 is 34.4 Å². The molecule has 0 spiro atoms. The number of carbonyl (C=O) groups excluding carboxylic acids is 1. The highest BCUT2D eigenvalue weighted by Crippen LogP contribution is 2.31. The van der Waals surface area contributed by atoms with Crippen molar-refractivity contribution in [3.05, 3.63) is 58.8 Å². The standard InChI is InChI=1S/C18H16INO4/c1-23-17-9-7-14(21)6-8-16(17)12-2-4-13(5-3-12)20-11-15(10-19)24-18(20)22/h2-9,15H,10-11H2,1H3. The van der Waals surface area contributed by atoms with E-state index in [2.05, 4.69) is 22.6 Å². The number of hydrogen-bond acceptors (Lipinski definition) is 4. The first kappa shape index (κ1) is 16.8. The number of nitrogens with zero attached hydrogens (tertiary/aromatic N) is 1. The number of anilines is 1. The van der Waals surface area contributed by atoms with Gasteiger partial charge < -0.3 is 9.47 Å². The minimum Gasteiger partial charge on any atom is -0.496 e. The number of benzene rings is 1. The molecule has 1 fully saturated rings. The average Bonchev–Trinajstić information content (AvgIpc) is 2.88. The highest BCUT2D eigenvalue weighted by molar-refractivity contribution is 14.1.